The summed E-state index contributed by atoms with van der Waals surface area (Å²) in [6, 6.07) is 0. The summed E-state index contributed by atoms with van der Waals surface area (Å²) in [6.45, 7) is 5.43. The number of carbonyl (C=O) groups is 1. The van der Waals surface area contributed by atoms with Gasteiger partial charge in [0.2, 0.25) is 0 Å². The minimum absolute atomic E-state index is 0.0539. The number of halogens is 2. The van der Waals surface area contributed by atoms with Crippen molar-refractivity contribution in [2.45, 2.75) is 58.0 Å². The Morgan fingerprint density at radius 3 is 2.33 bits per heavy atom. The number of hydrogen-bond donors (Lipinski definition) is 1. The zero-order chi connectivity index (χ0) is 14.0. The average Bonchev–Trinajstić information content (AvgIpc) is 2.29. The highest BCUT2D eigenvalue weighted by atomic mass is 19.3. The second-order valence-electron chi connectivity index (χ2n) is 5.41. The first kappa shape index (κ1) is 15.3. The minimum atomic E-state index is -3.81. The molecule has 0 radical (unpaired) electrons. The summed E-state index contributed by atoms with van der Waals surface area (Å²) in [6.07, 6.45) is 0.926. The molecule has 0 saturated heterocycles. The van der Waals surface area contributed by atoms with E-state index in [9.17, 15) is 18.7 Å². The van der Waals surface area contributed by atoms with E-state index in [1.165, 1.54) is 6.92 Å². The summed E-state index contributed by atoms with van der Waals surface area (Å²) >= 11 is 0. The van der Waals surface area contributed by atoms with Crippen molar-refractivity contribution in [2.24, 2.45) is 11.8 Å². The van der Waals surface area contributed by atoms with Gasteiger partial charge in [0.25, 0.3) is 0 Å². The van der Waals surface area contributed by atoms with Gasteiger partial charge >= 0.3 is 11.9 Å². The van der Waals surface area contributed by atoms with Gasteiger partial charge in [-0.3, -0.25) is 0 Å². The molecule has 0 aromatic carbocycles. The highest BCUT2D eigenvalue weighted by Crippen LogP contribution is 2.44. The quantitative estimate of drug-likeness (QED) is 0.794. The van der Waals surface area contributed by atoms with Crippen molar-refractivity contribution < 1.29 is 23.4 Å². The first-order valence-corrected chi connectivity index (χ1v) is 6.52. The summed E-state index contributed by atoms with van der Waals surface area (Å²) in [5.41, 5.74) is -2.25. The Morgan fingerprint density at radius 1 is 1.44 bits per heavy atom. The standard InChI is InChI=1S/C13H22F2O3/c1-4-18-11(16)13(14,15)12(17)7-5-10(6-8-12)9(2)3/h9-10,17H,4-8H2,1-3H3. The van der Waals surface area contributed by atoms with Crippen LogP contribution >= 0.6 is 0 Å². The molecule has 1 N–H and O–H groups in total. The van der Waals surface area contributed by atoms with E-state index in [1.807, 2.05) is 13.8 Å². The summed E-state index contributed by atoms with van der Waals surface area (Å²) < 4.78 is 32.1. The maximum Gasteiger partial charge on any atom is 0.380 e. The lowest BCUT2D eigenvalue weighted by Crippen LogP contribution is -2.55. The number of rotatable bonds is 4. The molecule has 106 valence electrons. The van der Waals surface area contributed by atoms with Crippen molar-refractivity contribution in [3.05, 3.63) is 0 Å². The maximum absolute atomic E-state index is 13.9. The van der Waals surface area contributed by atoms with Gasteiger partial charge in [0.15, 0.2) is 0 Å². The Balaban J connectivity index is 2.73. The van der Waals surface area contributed by atoms with Crippen LogP contribution in [0, 0.1) is 11.8 Å². The molecular formula is C13H22F2O3. The van der Waals surface area contributed by atoms with E-state index in [1.54, 1.807) is 0 Å². The third-order valence-electron chi connectivity index (χ3n) is 3.92. The van der Waals surface area contributed by atoms with Gasteiger partial charge in [-0.05, 0) is 44.4 Å². The molecule has 0 aliphatic heterocycles. The van der Waals surface area contributed by atoms with Crippen LogP contribution in [-0.4, -0.2) is 29.2 Å². The molecule has 1 fully saturated rings. The molecule has 0 aromatic heterocycles. The van der Waals surface area contributed by atoms with E-state index in [0.29, 0.717) is 24.7 Å². The van der Waals surface area contributed by atoms with Crippen LogP contribution in [0.2, 0.25) is 0 Å². The molecule has 0 atom stereocenters. The molecule has 5 heteroatoms. The second kappa shape index (κ2) is 5.51. The Kier molecular flexibility index (Phi) is 4.70. The molecule has 1 aliphatic rings. The van der Waals surface area contributed by atoms with Gasteiger partial charge in [-0.25, -0.2) is 4.79 Å². The summed E-state index contributed by atoms with van der Waals surface area (Å²) in [5, 5.41) is 10.0. The molecule has 0 spiro atoms. The Morgan fingerprint density at radius 2 is 1.94 bits per heavy atom. The lowest BCUT2D eigenvalue weighted by atomic mass is 9.72. The molecule has 1 aliphatic carbocycles. The molecule has 0 amide bonds. The van der Waals surface area contributed by atoms with Gasteiger partial charge < -0.3 is 9.84 Å². The normalized spacial score (nSPS) is 29.4. The molecule has 1 saturated carbocycles. The Labute approximate surface area is 107 Å². The largest absolute Gasteiger partial charge is 0.461 e. The zero-order valence-corrected chi connectivity index (χ0v) is 11.2. The summed E-state index contributed by atoms with van der Waals surface area (Å²) in [4.78, 5) is 11.3. The monoisotopic (exact) mass is 264 g/mol. The smallest absolute Gasteiger partial charge is 0.380 e. The highest BCUT2D eigenvalue weighted by molar-refractivity contribution is 5.79. The van der Waals surface area contributed by atoms with Gasteiger partial charge in [0.1, 0.15) is 5.60 Å². The van der Waals surface area contributed by atoms with E-state index in [4.69, 9.17) is 0 Å². The highest BCUT2D eigenvalue weighted by Gasteiger charge is 2.60. The fourth-order valence-electron chi connectivity index (χ4n) is 2.51. The van der Waals surface area contributed by atoms with Gasteiger partial charge in [0.05, 0.1) is 6.61 Å². The van der Waals surface area contributed by atoms with Gasteiger partial charge in [-0.15, -0.1) is 0 Å². The van der Waals surface area contributed by atoms with Gasteiger partial charge in [0, 0.05) is 0 Å². The third-order valence-corrected chi connectivity index (χ3v) is 3.92. The number of esters is 1. The van der Waals surface area contributed by atoms with Crippen LogP contribution in [0.15, 0.2) is 0 Å². The van der Waals surface area contributed by atoms with E-state index >= 15 is 0 Å². The van der Waals surface area contributed by atoms with Crippen LogP contribution in [0.25, 0.3) is 0 Å². The predicted molar refractivity (Wildman–Crippen MR) is 63.3 cm³/mol. The van der Waals surface area contributed by atoms with E-state index < -0.39 is 17.5 Å². The van der Waals surface area contributed by atoms with Crippen LogP contribution in [0.4, 0.5) is 8.78 Å². The Hall–Kier alpha value is -0.710. The van der Waals surface area contributed by atoms with E-state index in [0.717, 1.165) is 0 Å². The lowest BCUT2D eigenvalue weighted by molar-refractivity contribution is -0.222. The zero-order valence-electron chi connectivity index (χ0n) is 11.2. The van der Waals surface area contributed by atoms with E-state index in [-0.39, 0.29) is 19.4 Å². The molecular weight excluding hydrogens is 242 g/mol. The van der Waals surface area contributed by atoms with Crippen molar-refractivity contribution in [1.82, 2.24) is 0 Å². The second-order valence-corrected chi connectivity index (χ2v) is 5.41. The molecule has 0 heterocycles. The summed E-state index contributed by atoms with van der Waals surface area (Å²) in [5.74, 6) is -4.69. The number of carbonyl (C=O) groups excluding carboxylic acids is 1. The third kappa shape index (κ3) is 2.82. The molecule has 3 nitrogen and oxygen atoms in total. The molecule has 0 aromatic rings. The van der Waals surface area contributed by atoms with Crippen molar-refractivity contribution in [3.63, 3.8) is 0 Å². The molecule has 18 heavy (non-hydrogen) atoms. The SMILES string of the molecule is CCOC(=O)C(F)(F)C1(O)CCC(C(C)C)CC1. The van der Waals surface area contributed by atoms with Crippen molar-refractivity contribution >= 4 is 5.97 Å². The Bertz CT molecular complexity index is 295. The van der Waals surface area contributed by atoms with E-state index in [2.05, 4.69) is 4.74 Å². The van der Waals surface area contributed by atoms with Crippen LogP contribution in [0.1, 0.15) is 46.5 Å². The number of alkyl halides is 2. The van der Waals surface area contributed by atoms with Crippen LogP contribution in [-0.2, 0) is 9.53 Å². The van der Waals surface area contributed by atoms with Crippen LogP contribution in [0.5, 0.6) is 0 Å². The summed E-state index contributed by atoms with van der Waals surface area (Å²) in [7, 11) is 0. The fourth-order valence-corrected chi connectivity index (χ4v) is 2.51. The number of hydrogen-bond acceptors (Lipinski definition) is 3. The maximum atomic E-state index is 13.9. The first-order chi connectivity index (χ1) is 8.24. The van der Waals surface area contributed by atoms with Crippen LogP contribution < -0.4 is 0 Å². The van der Waals surface area contributed by atoms with Crippen molar-refractivity contribution in [3.8, 4) is 0 Å². The molecule has 0 bridgehead atoms. The average molecular weight is 264 g/mol. The fraction of sp³-hybridized carbons (Fsp3) is 0.923. The number of aliphatic hydroxyl groups is 1. The predicted octanol–water partition coefficient (Wildman–Crippen LogP) is 2.76. The van der Waals surface area contributed by atoms with Gasteiger partial charge in [-0.2, -0.15) is 8.78 Å². The van der Waals surface area contributed by atoms with Gasteiger partial charge in [-0.1, -0.05) is 13.8 Å². The lowest BCUT2D eigenvalue weighted by Gasteiger charge is -2.40. The first-order valence-electron chi connectivity index (χ1n) is 6.52. The van der Waals surface area contributed by atoms with Crippen LogP contribution in [0.3, 0.4) is 0 Å². The number of ether oxygens (including phenoxy) is 1. The topological polar surface area (TPSA) is 46.5 Å². The minimum Gasteiger partial charge on any atom is -0.461 e. The van der Waals surface area contributed by atoms with Crippen molar-refractivity contribution in [2.75, 3.05) is 6.61 Å². The molecule has 0 unspecified atom stereocenters. The van der Waals surface area contributed by atoms with Crippen molar-refractivity contribution in [1.29, 1.82) is 0 Å². The molecule has 1 rings (SSSR count).